The summed E-state index contributed by atoms with van der Waals surface area (Å²) in [6.07, 6.45) is 1.80. The molecule has 1 aliphatic heterocycles. The Morgan fingerprint density at radius 3 is 2.63 bits per heavy atom. The molecule has 0 unspecified atom stereocenters. The lowest BCUT2D eigenvalue weighted by Crippen LogP contribution is -2.16. The predicted octanol–water partition coefficient (Wildman–Crippen LogP) is 4.81. The number of unbranched alkanes of at least 4 members (excludes halogenated alkanes) is 1. The summed E-state index contributed by atoms with van der Waals surface area (Å²) >= 11 is 6.26. The van der Waals surface area contributed by atoms with Crippen LogP contribution in [-0.2, 0) is 9.84 Å². The molecule has 0 radical (unpaired) electrons. The summed E-state index contributed by atoms with van der Waals surface area (Å²) in [7, 11) is -3.99. The van der Waals surface area contributed by atoms with Gasteiger partial charge in [-0.3, -0.25) is 0 Å². The van der Waals surface area contributed by atoms with Crippen molar-refractivity contribution in [1.82, 2.24) is 4.98 Å². The van der Waals surface area contributed by atoms with Crippen LogP contribution in [0, 0.1) is 0 Å². The minimum atomic E-state index is -3.99. The molecule has 1 aromatic heterocycles. The molecule has 0 amide bonds. The highest BCUT2D eigenvalue weighted by Gasteiger charge is 2.30. The molecule has 0 spiro atoms. The van der Waals surface area contributed by atoms with Crippen LogP contribution in [0.25, 0.3) is 11.5 Å². The third-order valence-electron chi connectivity index (χ3n) is 4.59. The monoisotopic (exact) mass is 448 g/mol. The molecule has 0 saturated carbocycles. The maximum Gasteiger partial charge on any atom is 0.233 e. The van der Waals surface area contributed by atoms with Crippen molar-refractivity contribution in [2.75, 3.05) is 25.1 Å². The van der Waals surface area contributed by atoms with Crippen molar-refractivity contribution in [3.63, 3.8) is 0 Å². The molecule has 7 nitrogen and oxygen atoms in total. The summed E-state index contributed by atoms with van der Waals surface area (Å²) < 4.78 is 43.6. The fourth-order valence-electron chi connectivity index (χ4n) is 3.03. The van der Waals surface area contributed by atoms with Crippen molar-refractivity contribution in [1.29, 1.82) is 0 Å². The molecule has 0 saturated heterocycles. The van der Waals surface area contributed by atoms with Crippen molar-refractivity contribution in [2.45, 2.75) is 29.7 Å². The molecular formula is C21H21ClN2O5S. The number of nitrogens with one attached hydrogen (secondary N) is 1. The Kier molecular flexibility index (Phi) is 5.87. The quantitative estimate of drug-likeness (QED) is 0.518. The number of aromatic nitrogens is 1. The maximum atomic E-state index is 13.4. The molecule has 0 bridgehead atoms. The van der Waals surface area contributed by atoms with E-state index >= 15 is 0 Å². The highest BCUT2D eigenvalue weighted by molar-refractivity contribution is 7.91. The van der Waals surface area contributed by atoms with Crippen LogP contribution in [0.15, 0.2) is 56.8 Å². The molecular weight excluding hydrogens is 428 g/mol. The van der Waals surface area contributed by atoms with E-state index < -0.39 is 9.84 Å². The Balaban J connectivity index is 1.78. The van der Waals surface area contributed by atoms with E-state index in [4.69, 9.17) is 25.5 Å². The molecule has 1 N–H and O–H groups in total. The van der Waals surface area contributed by atoms with Crippen molar-refractivity contribution < 1.29 is 22.3 Å². The standard InChI is InChI=1S/C21H21ClN2O5S/c1-2-3-10-23-20-21(24-19(29-20)15-6-4-5-7-16(15)22)30(25,26)14-8-9-17-18(13-14)28-12-11-27-17/h4-9,13,23H,2-3,10-12H2,1H3. The molecule has 0 aliphatic carbocycles. The van der Waals surface area contributed by atoms with Crippen LogP contribution in [-0.4, -0.2) is 33.2 Å². The van der Waals surface area contributed by atoms with E-state index in [2.05, 4.69) is 10.3 Å². The zero-order chi connectivity index (χ0) is 21.1. The molecule has 158 valence electrons. The van der Waals surface area contributed by atoms with E-state index in [1.54, 1.807) is 30.3 Å². The van der Waals surface area contributed by atoms with Crippen LogP contribution in [0.1, 0.15) is 19.8 Å². The van der Waals surface area contributed by atoms with Gasteiger partial charge in [0.05, 0.1) is 15.5 Å². The fraction of sp³-hybridized carbons (Fsp3) is 0.286. The molecule has 9 heteroatoms. The highest BCUT2D eigenvalue weighted by atomic mass is 35.5. The van der Waals surface area contributed by atoms with Gasteiger partial charge < -0.3 is 19.2 Å². The molecule has 30 heavy (non-hydrogen) atoms. The average Bonchev–Trinajstić information content (AvgIpc) is 3.18. The first-order chi connectivity index (χ1) is 14.5. The molecule has 0 fully saturated rings. The smallest absolute Gasteiger partial charge is 0.233 e. The number of ether oxygens (including phenoxy) is 2. The summed E-state index contributed by atoms with van der Waals surface area (Å²) in [5.41, 5.74) is 0.515. The second-order valence-corrected chi connectivity index (χ2v) is 8.99. The number of sulfone groups is 1. The van der Waals surface area contributed by atoms with E-state index in [1.807, 2.05) is 6.92 Å². The number of nitrogens with zero attached hydrogens (tertiary/aromatic N) is 1. The van der Waals surface area contributed by atoms with E-state index in [0.717, 1.165) is 12.8 Å². The van der Waals surface area contributed by atoms with Gasteiger partial charge in [-0.15, -0.1) is 0 Å². The third-order valence-corrected chi connectivity index (χ3v) is 6.58. The predicted molar refractivity (Wildman–Crippen MR) is 113 cm³/mol. The zero-order valence-electron chi connectivity index (χ0n) is 16.4. The number of halogens is 1. The minimum Gasteiger partial charge on any atom is -0.486 e. The van der Waals surface area contributed by atoms with E-state index in [1.165, 1.54) is 12.1 Å². The van der Waals surface area contributed by atoms with Crippen LogP contribution in [0.5, 0.6) is 11.5 Å². The number of benzene rings is 2. The lowest BCUT2D eigenvalue weighted by Gasteiger charge is -2.18. The lowest BCUT2D eigenvalue weighted by atomic mass is 10.2. The van der Waals surface area contributed by atoms with Crippen molar-refractivity contribution in [3.8, 4) is 23.0 Å². The van der Waals surface area contributed by atoms with Crippen LogP contribution in [0.2, 0.25) is 5.02 Å². The van der Waals surface area contributed by atoms with Crippen molar-refractivity contribution in [3.05, 3.63) is 47.5 Å². The molecule has 1 aliphatic rings. The number of hydrogen-bond acceptors (Lipinski definition) is 7. The molecule has 3 aromatic rings. The normalized spacial score (nSPS) is 13.3. The SMILES string of the molecule is CCCCNc1oc(-c2ccccc2Cl)nc1S(=O)(=O)c1ccc2c(c1)OCCO2. The summed E-state index contributed by atoms with van der Waals surface area (Å²) in [5, 5.41) is 3.28. The number of fused-ring (bicyclic) bond motifs is 1. The first kappa shape index (κ1) is 20.6. The number of rotatable bonds is 7. The van der Waals surface area contributed by atoms with Gasteiger partial charge in [-0.25, -0.2) is 8.42 Å². The Morgan fingerprint density at radius 2 is 1.87 bits per heavy atom. The molecule has 2 aromatic carbocycles. The summed E-state index contributed by atoms with van der Waals surface area (Å²) in [6.45, 7) is 3.39. The fourth-order valence-corrected chi connectivity index (χ4v) is 4.54. The van der Waals surface area contributed by atoms with Gasteiger partial charge in [-0.1, -0.05) is 37.1 Å². The third kappa shape index (κ3) is 3.97. The summed E-state index contributed by atoms with van der Waals surface area (Å²) in [6, 6.07) is 11.5. The van der Waals surface area contributed by atoms with Gasteiger partial charge >= 0.3 is 0 Å². The Morgan fingerprint density at radius 1 is 1.10 bits per heavy atom. The Hall–Kier alpha value is -2.71. The van der Waals surface area contributed by atoms with Crippen LogP contribution in [0.3, 0.4) is 0 Å². The first-order valence-corrected chi connectivity index (χ1v) is 11.5. The second-order valence-electron chi connectivity index (χ2n) is 6.72. The van der Waals surface area contributed by atoms with Gasteiger partial charge in [-0.2, -0.15) is 4.98 Å². The highest BCUT2D eigenvalue weighted by Crippen LogP contribution is 2.38. The molecule has 4 rings (SSSR count). The first-order valence-electron chi connectivity index (χ1n) is 9.65. The van der Waals surface area contributed by atoms with E-state index in [0.29, 0.717) is 41.8 Å². The van der Waals surface area contributed by atoms with E-state index in [9.17, 15) is 8.42 Å². The molecule has 0 atom stereocenters. The van der Waals surface area contributed by atoms with Gasteiger partial charge in [0.15, 0.2) is 11.5 Å². The van der Waals surface area contributed by atoms with Gasteiger partial charge in [-0.05, 0) is 30.7 Å². The van der Waals surface area contributed by atoms with Crippen LogP contribution < -0.4 is 14.8 Å². The van der Waals surface area contributed by atoms with Crippen molar-refractivity contribution in [2.24, 2.45) is 0 Å². The minimum absolute atomic E-state index is 0.0456. The van der Waals surface area contributed by atoms with Gasteiger partial charge in [0.1, 0.15) is 13.2 Å². The van der Waals surface area contributed by atoms with E-state index in [-0.39, 0.29) is 21.7 Å². The van der Waals surface area contributed by atoms with Gasteiger partial charge in [0, 0.05) is 12.6 Å². The van der Waals surface area contributed by atoms with Gasteiger partial charge in [0.2, 0.25) is 26.6 Å². The number of hydrogen-bond donors (Lipinski definition) is 1. The largest absolute Gasteiger partial charge is 0.486 e. The second kappa shape index (κ2) is 8.57. The number of anilines is 1. The average molecular weight is 449 g/mol. The lowest BCUT2D eigenvalue weighted by molar-refractivity contribution is 0.171. The summed E-state index contributed by atoms with van der Waals surface area (Å²) in [4.78, 5) is 4.35. The Bertz CT molecular complexity index is 1160. The van der Waals surface area contributed by atoms with Crippen molar-refractivity contribution >= 4 is 27.3 Å². The Labute approximate surface area is 179 Å². The molecule has 2 heterocycles. The topological polar surface area (TPSA) is 90.7 Å². The van der Waals surface area contributed by atoms with Crippen LogP contribution in [0.4, 0.5) is 5.88 Å². The number of oxazole rings is 1. The summed E-state index contributed by atoms with van der Waals surface area (Å²) in [5.74, 6) is 1.13. The zero-order valence-corrected chi connectivity index (χ0v) is 17.9. The van der Waals surface area contributed by atoms with Gasteiger partial charge in [0.25, 0.3) is 0 Å². The van der Waals surface area contributed by atoms with Crippen LogP contribution >= 0.6 is 11.6 Å². The maximum absolute atomic E-state index is 13.4.